The van der Waals surface area contributed by atoms with E-state index >= 15 is 0 Å². The Morgan fingerprint density at radius 1 is 1.27 bits per heavy atom. The lowest BCUT2D eigenvalue weighted by Crippen LogP contribution is -2.42. The molecule has 2 atom stereocenters. The fourth-order valence-corrected chi connectivity index (χ4v) is 3.72. The first kappa shape index (κ1) is 15.5. The molecular weight excluding hydrogens is 278 g/mol. The van der Waals surface area contributed by atoms with Crippen LogP contribution >= 0.6 is 0 Å². The predicted octanol–water partition coefficient (Wildman–Crippen LogP) is 2.56. The van der Waals surface area contributed by atoms with Crippen molar-refractivity contribution >= 4 is 5.91 Å². The van der Waals surface area contributed by atoms with Crippen LogP contribution in [0.15, 0.2) is 4.42 Å². The first-order valence-electron chi connectivity index (χ1n) is 8.46. The second kappa shape index (κ2) is 6.03. The van der Waals surface area contributed by atoms with Crippen LogP contribution < -0.4 is 0 Å². The molecule has 0 saturated carbocycles. The Balaban J connectivity index is 1.75. The van der Waals surface area contributed by atoms with Crippen LogP contribution in [0.4, 0.5) is 0 Å². The number of piperidine rings is 1. The summed E-state index contributed by atoms with van der Waals surface area (Å²) in [4.78, 5) is 21.5. The van der Waals surface area contributed by atoms with E-state index in [0.717, 1.165) is 44.1 Å². The van der Waals surface area contributed by atoms with Crippen LogP contribution in [0.2, 0.25) is 0 Å². The highest BCUT2D eigenvalue weighted by molar-refractivity contribution is 5.89. The molecule has 5 nitrogen and oxygen atoms in total. The Bertz CT molecular complexity index is 542. The van der Waals surface area contributed by atoms with Crippen molar-refractivity contribution in [2.45, 2.75) is 53.1 Å². The van der Waals surface area contributed by atoms with Crippen LogP contribution in [0.1, 0.15) is 56.3 Å². The van der Waals surface area contributed by atoms with Crippen molar-refractivity contribution in [3.05, 3.63) is 17.3 Å². The number of amides is 1. The summed E-state index contributed by atoms with van der Waals surface area (Å²) in [6, 6.07) is 0.493. The number of fused-ring (bicyclic) bond motifs is 1. The van der Waals surface area contributed by atoms with Gasteiger partial charge in [-0.15, -0.1) is 0 Å². The van der Waals surface area contributed by atoms with E-state index in [2.05, 4.69) is 37.6 Å². The molecule has 3 rings (SSSR count). The minimum absolute atomic E-state index is 0.0381. The molecule has 1 saturated heterocycles. The van der Waals surface area contributed by atoms with Gasteiger partial charge in [-0.3, -0.25) is 9.69 Å². The molecule has 0 bridgehead atoms. The lowest BCUT2D eigenvalue weighted by Gasteiger charge is -2.34. The number of carbonyl (C=O) groups excluding carboxylic acids is 1. The fourth-order valence-electron chi connectivity index (χ4n) is 3.72. The van der Waals surface area contributed by atoms with Gasteiger partial charge in [0.25, 0.3) is 5.89 Å². The Morgan fingerprint density at radius 2 is 1.95 bits per heavy atom. The van der Waals surface area contributed by atoms with E-state index in [9.17, 15) is 4.79 Å². The van der Waals surface area contributed by atoms with Crippen molar-refractivity contribution in [1.29, 1.82) is 0 Å². The normalized spacial score (nSPS) is 26.3. The van der Waals surface area contributed by atoms with E-state index in [1.165, 1.54) is 6.42 Å². The molecule has 122 valence electrons. The SMILES string of the molecule is CC(C)N1CCc2oc(C(=O)N3C[C@H](C)C[C@H](C)C3)nc2C1. The van der Waals surface area contributed by atoms with Gasteiger partial charge >= 0.3 is 5.91 Å². The number of likely N-dealkylation sites (tertiary alicyclic amines) is 1. The van der Waals surface area contributed by atoms with Crippen LogP contribution in [-0.2, 0) is 13.0 Å². The van der Waals surface area contributed by atoms with E-state index in [-0.39, 0.29) is 11.8 Å². The molecule has 2 aliphatic heterocycles. The van der Waals surface area contributed by atoms with E-state index in [1.807, 2.05) is 4.90 Å². The smallest absolute Gasteiger partial charge is 0.309 e. The molecule has 0 spiro atoms. The summed E-state index contributed by atoms with van der Waals surface area (Å²) in [5, 5.41) is 0. The summed E-state index contributed by atoms with van der Waals surface area (Å²) in [6.45, 7) is 12.2. The molecule has 0 aliphatic carbocycles. The van der Waals surface area contributed by atoms with Gasteiger partial charge < -0.3 is 9.32 Å². The number of oxazole rings is 1. The molecular formula is C17H27N3O2. The standard InChI is InChI=1S/C17H27N3O2/c1-11(2)19-6-5-15-14(10-19)18-16(22-15)17(21)20-8-12(3)7-13(4)9-20/h11-13H,5-10H2,1-4H3/t12-,13+. The molecule has 5 heteroatoms. The summed E-state index contributed by atoms with van der Waals surface area (Å²) in [5.74, 6) is 2.25. The third-order valence-electron chi connectivity index (χ3n) is 4.83. The van der Waals surface area contributed by atoms with Crippen molar-refractivity contribution in [2.75, 3.05) is 19.6 Å². The molecule has 22 heavy (non-hydrogen) atoms. The summed E-state index contributed by atoms with van der Waals surface area (Å²) >= 11 is 0. The topological polar surface area (TPSA) is 49.6 Å². The Hall–Kier alpha value is -1.36. The maximum Gasteiger partial charge on any atom is 0.309 e. The van der Waals surface area contributed by atoms with Crippen LogP contribution in [0.3, 0.4) is 0 Å². The largest absolute Gasteiger partial charge is 0.437 e. The molecule has 1 aromatic rings. The molecule has 1 amide bonds. The maximum atomic E-state index is 12.7. The van der Waals surface area contributed by atoms with Crippen molar-refractivity contribution < 1.29 is 9.21 Å². The van der Waals surface area contributed by atoms with Gasteiger partial charge in [-0.05, 0) is 32.1 Å². The van der Waals surface area contributed by atoms with Crippen LogP contribution in [0.25, 0.3) is 0 Å². The molecule has 0 unspecified atom stereocenters. The zero-order chi connectivity index (χ0) is 15.9. The van der Waals surface area contributed by atoms with Gasteiger partial charge in [0.1, 0.15) is 5.76 Å². The second-order valence-electron chi connectivity index (χ2n) is 7.36. The number of hydrogen-bond acceptors (Lipinski definition) is 4. The second-order valence-corrected chi connectivity index (χ2v) is 7.36. The van der Waals surface area contributed by atoms with Gasteiger partial charge in [-0.1, -0.05) is 13.8 Å². The summed E-state index contributed by atoms with van der Waals surface area (Å²) in [5.41, 5.74) is 0.946. The molecule has 0 N–H and O–H groups in total. The van der Waals surface area contributed by atoms with Crippen molar-refractivity contribution in [1.82, 2.24) is 14.8 Å². The van der Waals surface area contributed by atoms with Gasteiger partial charge in [0.05, 0.1) is 5.69 Å². The zero-order valence-electron chi connectivity index (χ0n) is 14.1. The van der Waals surface area contributed by atoms with Crippen molar-refractivity contribution in [3.8, 4) is 0 Å². The zero-order valence-corrected chi connectivity index (χ0v) is 14.1. The summed E-state index contributed by atoms with van der Waals surface area (Å²) < 4.78 is 5.79. The Morgan fingerprint density at radius 3 is 2.59 bits per heavy atom. The molecule has 0 aromatic carbocycles. The minimum atomic E-state index is -0.0381. The summed E-state index contributed by atoms with van der Waals surface area (Å²) in [7, 11) is 0. The van der Waals surface area contributed by atoms with Gasteiger partial charge in [-0.2, -0.15) is 0 Å². The minimum Gasteiger partial charge on any atom is -0.437 e. The van der Waals surface area contributed by atoms with Gasteiger partial charge in [0.15, 0.2) is 0 Å². The monoisotopic (exact) mass is 305 g/mol. The first-order valence-corrected chi connectivity index (χ1v) is 8.46. The number of aromatic nitrogens is 1. The van der Waals surface area contributed by atoms with Crippen LogP contribution in [-0.4, -0.2) is 46.4 Å². The average Bonchev–Trinajstić information content (AvgIpc) is 2.88. The highest BCUT2D eigenvalue weighted by Gasteiger charge is 2.31. The molecule has 2 aliphatic rings. The molecule has 1 aromatic heterocycles. The van der Waals surface area contributed by atoms with E-state index in [1.54, 1.807) is 0 Å². The Kier molecular flexibility index (Phi) is 4.26. The van der Waals surface area contributed by atoms with Gasteiger partial charge in [0, 0.05) is 38.6 Å². The third kappa shape index (κ3) is 3.05. The number of nitrogens with zero attached hydrogens (tertiary/aromatic N) is 3. The number of rotatable bonds is 2. The van der Waals surface area contributed by atoms with E-state index < -0.39 is 0 Å². The van der Waals surface area contributed by atoms with Crippen molar-refractivity contribution in [3.63, 3.8) is 0 Å². The lowest BCUT2D eigenvalue weighted by atomic mass is 9.92. The van der Waals surface area contributed by atoms with Crippen LogP contribution in [0, 0.1) is 11.8 Å². The number of hydrogen-bond donors (Lipinski definition) is 0. The predicted molar refractivity (Wildman–Crippen MR) is 84.6 cm³/mol. The third-order valence-corrected chi connectivity index (χ3v) is 4.83. The first-order chi connectivity index (χ1) is 10.4. The van der Waals surface area contributed by atoms with E-state index in [0.29, 0.717) is 17.9 Å². The van der Waals surface area contributed by atoms with E-state index in [4.69, 9.17) is 4.42 Å². The summed E-state index contributed by atoms with van der Waals surface area (Å²) in [6.07, 6.45) is 2.04. The highest BCUT2D eigenvalue weighted by atomic mass is 16.4. The lowest BCUT2D eigenvalue weighted by molar-refractivity contribution is 0.0581. The highest BCUT2D eigenvalue weighted by Crippen LogP contribution is 2.25. The Labute approximate surface area is 132 Å². The average molecular weight is 305 g/mol. The van der Waals surface area contributed by atoms with Crippen LogP contribution in [0.5, 0.6) is 0 Å². The molecule has 1 fully saturated rings. The number of carbonyl (C=O) groups is 1. The van der Waals surface area contributed by atoms with Gasteiger partial charge in [-0.25, -0.2) is 4.98 Å². The molecule has 0 radical (unpaired) electrons. The van der Waals surface area contributed by atoms with Gasteiger partial charge in [0.2, 0.25) is 0 Å². The van der Waals surface area contributed by atoms with Crippen molar-refractivity contribution in [2.24, 2.45) is 11.8 Å². The quantitative estimate of drug-likeness (QED) is 0.842. The fraction of sp³-hybridized carbons (Fsp3) is 0.765. The maximum absolute atomic E-state index is 12.7. The molecule has 3 heterocycles.